The van der Waals surface area contributed by atoms with Gasteiger partial charge in [0.05, 0.1) is 24.3 Å². The summed E-state index contributed by atoms with van der Waals surface area (Å²) in [5.41, 5.74) is 1.02. The molecule has 0 aliphatic heterocycles. The van der Waals surface area contributed by atoms with E-state index >= 15 is 0 Å². The van der Waals surface area contributed by atoms with Crippen LogP contribution in [0.4, 0.5) is 0 Å². The summed E-state index contributed by atoms with van der Waals surface area (Å²) in [6.45, 7) is 2.23. The predicted octanol–water partition coefficient (Wildman–Crippen LogP) is 3.61. The van der Waals surface area contributed by atoms with Gasteiger partial charge in [0.2, 0.25) is 0 Å². The van der Waals surface area contributed by atoms with Crippen molar-refractivity contribution in [2.75, 3.05) is 0 Å². The second-order valence-electron chi connectivity index (χ2n) is 5.18. The topological polar surface area (TPSA) is 38.1 Å². The molecular weight excluding hydrogens is 212 g/mol. The van der Waals surface area contributed by atoms with E-state index < -0.39 is 0 Å². The highest BCUT2D eigenvalue weighted by molar-refractivity contribution is 5.06. The average molecular weight is 236 g/mol. The van der Waals surface area contributed by atoms with Crippen molar-refractivity contribution < 1.29 is 5.11 Å². The molecule has 96 valence electrons. The second-order valence-corrected chi connectivity index (χ2v) is 5.18. The first kappa shape index (κ1) is 12.6. The fourth-order valence-electron chi connectivity index (χ4n) is 2.32. The number of aliphatic hydroxyl groups is 1. The van der Waals surface area contributed by atoms with E-state index in [2.05, 4.69) is 16.5 Å². The molecule has 1 unspecified atom stereocenters. The third-order valence-electron chi connectivity index (χ3n) is 3.56. The Morgan fingerprint density at radius 2 is 2.12 bits per heavy atom. The molecular formula is C14H24N2O. The molecule has 1 aliphatic carbocycles. The number of hydrogen-bond acceptors (Lipinski definition) is 2. The van der Waals surface area contributed by atoms with Crippen molar-refractivity contribution in [2.24, 2.45) is 0 Å². The molecule has 0 spiro atoms. The minimum absolute atomic E-state index is 0.320. The maximum absolute atomic E-state index is 10.2. The SMILES string of the molecule is CCCCCCCC(O)c1cncn1C1CC1. The van der Waals surface area contributed by atoms with Crippen molar-refractivity contribution in [3.05, 3.63) is 18.2 Å². The van der Waals surface area contributed by atoms with Crippen LogP contribution in [0.3, 0.4) is 0 Å². The van der Waals surface area contributed by atoms with E-state index in [-0.39, 0.29) is 6.10 Å². The Balaban J connectivity index is 1.74. The van der Waals surface area contributed by atoms with Crippen molar-refractivity contribution in [3.8, 4) is 0 Å². The standard InChI is InChI=1S/C14H24N2O/c1-2-3-4-5-6-7-14(17)13-10-15-11-16(13)12-8-9-12/h10-12,14,17H,2-9H2,1H3. The summed E-state index contributed by atoms with van der Waals surface area (Å²) in [6, 6.07) is 0.613. The Kier molecular flexibility index (Phi) is 4.60. The van der Waals surface area contributed by atoms with Crippen LogP contribution < -0.4 is 0 Å². The van der Waals surface area contributed by atoms with Crippen molar-refractivity contribution >= 4 is 0 Å². The highest BCUT2D eigenvalue weighted by Gasteiger charge is 2.27. The summed E-state index contributed by atoms with van der Waals surface area (Å²) in [5, 5.41) is 10.2. The molecule has 3 nitrogen and oxygen atoms in total. The van der Waals surface area contributed by atoms with E-state index in [1.807, 2.05) is 12.5 Å². The van der Waals surface area contributed by atoms with Gasteiger partial charge in [0.15, 0.2) is 0 Å². The fourth-order valence-corrected chi connectivity index (χ4v) is 2.32. The van der Waals surface area contributed by atoms with Crippen LogP contribution in [0.5, 0.6) is 0 Å². The fraction of sp³-hybridized carbons (Fsp3) is 0.786. The first-order chi connectivity index (χ1) is 8.33. The molecule has 1 aromatic heterocycles. The lowest BCUT2D eigenvalue weighted by molar-refractivity contribution is 0.154. The van der Waals surface area contributed by atoms with Gasteiger partial charge in [-0.3, -0.25) is 0 Å². The maximum atomic E-state index is 10.2. The van der Waals surface area contributed by atoms with E-state index in [1.54, 1.807) is 0 Å². The van der Waals surface area contributed by atoms with Crippen molar-refractivity contribution in [1.82, 2.24) is 9.55 Å². The molecule has 2 rings (SSSR count). The van der Waals surface area contributed by atoms with E-state index in [0.29, 0.717) is 6.04 Å². The van der Waals surface area contributed by atoms with Gasteiger partial charge >= 0.3 is 0 Å². The highest BCUT2D eigenvalue weighted by atomic mass is 16.3. The molecule has 1 heterocycles. The van der Waals surface area contributed by atoms with Crippen molar-refractivity contribution in [1.29, 1.82) is 0 Å². The molecule has 0 radical (unpaired) electrons. The summed E-state index contributed by atoms with van der Waals surface area (Å²) in [5.74, 6) is 0. The molecule has 1 fully saturated rings. The van der Waals surface area contributed by atoms with Crippen LogP contribution in [0.25, 0.3) is 0 Å². The van der Waals surface area contributed by atoms with Gasteiger partial charge in [-0.2, -0.15) is 0 Å². The zero-order chi connectivity index (χ0) is 12.1. The van der Waals surface area contributed by atoms with Crippen LogP contribution in [0, 0.1) is 0 Å². The van der Waals surface area contributed by atoms with Gasteiger partial charge in [-0.05, 0) is 19.3 Å². The van der Waals surface area contributed by atoms with E-state index in [0.717, 1.165) is 18.5 Å². The largest absolute Gasteiger partial charge is 0.387 e. The van der Waals surface area contributed by atoms with Crippen molar-refractivity contribution in [3.63, 3.8) is 0 Å². The van der Waals surface area contributed by atoms with Gasteiger partial charge in [-0.25, -0.2) is 4.98 Å². The van der Waals surface area contributed by atoms with Gasteiger partial charge in [0.25, 0.3) is 0 Å². The summed E-state index contributed by atoms with van der Waals surface area (Å²) < 4.78 is 2.16. The molecule has 1 atom stereocenters. The highest BCUT2D eigenvalue weighted by Crippen LogP contribution is 2.37. The molecule has 1 saturated carbocycles. The molecule has 0 amide bonds. The Hall–Kier alpha value is -0.830. The minimum atomic E-state index is -0.320. The Labute approximate surface area is 104 Å². The molecule has 0 bridgehead atoms. The van der Waals surface area contributed by atoms with Crippen molar-refractivity contribution in [2.45, 2.75) is 70.4 Å². The predicted molar refractivity (Wildman–Crippen MR) is 68.8 cm³/mol. The number of rotatable bonds is 8. The lowest BCUT2D eigenvalue weighted by Crippen LogP contribution is -2.05. The molecule has 1 N–H and O–H groups in total. The third kappa shape index (κ3) is 3.56. The first-order valence-electron chi connectivity index (χ1n) is 7.02. The van der Waals surface area contributed by atoms with Crippen LogP contribution in [-0.2, 0) is 0 Å². The van der Waals surface area contributed by atoms with Gasteiger partial charge in [-0.15, -0.1) is 0 Å². The van der Waals surface area contributed by atoms with E-state index in [1.165, 1.54) is 38.5 Å². The number of aliphatic hydroxyl groups excluding tert-OH is 1. The Morgan fingerprint density at radius 1 is 1.35 bits per heavy atom. The van der Waals surface area contributed by atoms with Crippen LogP contribution in [0.1, 0.15) is 76.1 Å². The summed E-state index contributed by atoms with van der Waals surface area (Å²) in [6.07, 6.45) is 13.0. The zero-order valence-electron chi connectivity index (χ0n) is 10.8. The van der Waals surface area contributed by atoms with Crippen LogP contribution >= 0.6 is 0 Å². The normalized spacial score (nSPS) is 17.3. The monoisotopic (exact) mass is 236 g/mol. The summed E-state index contributed by atoms with van der Waals surface area (Å²) in [7, 11) is 0. The molecule has 1 aromatic rings. The number of nitrogens with zero attached hydrogens (tertiary/aromatic N) is 2. The lowest BCUT2D eigenvalue weighted by atomic mass is 10.1. The Morgan fingerprint density at radius 3 is 2.82 bits per heavy atom. The lowest BCUT2D eigenvalue weighted by Gasteiger charge is -2.13. The first-order valence-corrected chi connectivity index (χ1v) is 7.02. The maximum Gasteiger partial charge on any atom is 0.0955 e. The molecule has 1 aliphatic rings. The van der Waals surface area contributed by atoms with Gasteiger partial charge in [0, 0.05) is 6.04 Å². The smallest absolute Gasteiger partial charge is 0.0955 e. The number of hydrogen-bond donors (Lipinski definition) is 1. The molecule has 3 heteroatoms. The summed E-state index contributed by atoms with van der Waals surface area (Å²) >= 11 is 0. The molecule has 17 heavy (non-hydrogen) atoms. The number of imidazole rings is 1. The average Bonchev–Trinajstić information content (AvgIpc) is 3.06. The van der Waals surface area contributed by atoms with Crippen LogP contribution in [-0.4, -0.2) is 14.7 Å². The van der Waals surface area contributed by atoms with E-state index in [4.69, 9.17) is 0 Å². The number of aromatic nitrogens is 2. The molecule has 0 saturated heterocycles. The van der Waals surface area contributed by atoms with Gasteiger partial charge in [0.1, 0.15) is 0 Å². The van der Waals surface area contributed by atoms with Crippen LogP contribution in [0.2, 0.25) is 0 Å². The summed E-state index contributed by atoms with van der Waals surface area (Å²) in [4.78, 5) is 4.17. The minimum Gasteiger partial charge on any atom is -0.387 e. The quantitative estimate of drug-likeness (QED) is 0.700. The number of unbranched alkanes of at least 4 members (excludes halogenated alkanes) is 4. The Bertz CT molecular complexity index is 331. The van der Waals surface area contributed by atoms with Gasteiger partial charge in [-0.1, -0.05) is 39.0 Å². The van der Waals surface area contributed by atoms with Gasteiger partial charge < -0.3 is 9.67 Å². The second kappa shape index (κ2) is 6.20. The molecule has 0 aromatic carbocycles. The van der Waals surface area contributed by atoms with E-state index in [9.17, 15) is 5.11 Å². The zero-order valence-corrected chi connectivity index (χ0v) is 10.8. The van der Waals surface area contributed by atoms with Crippen LogP contribution in [0.15, 0.2) is 12.5 Å². The third-order valence-corrected chi connectivity index (χ3v) is 3.56.